The molecule has 1 aliphatic rings. The fraction of sp³-hybridized carbons (Fsp3) is 0.529. The van der Waals surface area contributed by atoms with E-state index in [2.05, 4.69) is 10.4 Å². The summed E-state index contributed by atoms with van der Waals surface area (Å²) in [6, 6.07) is 4.19. The quantitative estimate of drug-likeness (QED) is 0.873. The van der Waals surface area contributed by atoms with Crippen LogP contribution in [0.25, 0.3) is 11.3 Å². The van der Waals surface area contributed by atoms with Gasteiger partial charge in [-0.1, -0.05) is 0 Å². The maximum Gasteiger partial charge on any atom is 0.219 e. The van der Waals surface area contributed by atoms with Gasteiger partial charge in [-0.25, -0.2) is 4.68 Å². The predicted molar refractivity (Wildman–Crippen MR) is 90.7 cm³/mol. The van der Waals surface area contributed by atoms with E-state index in [1.807, 2.05) is 24.0 Å². The van der Waals surface area contributed by atoms with Gasteiger partial charge in [-0.15, -0.1) is 0 Å². The lowest BCUT2D eigenvalue weighted by atomic mass is 10.1. The Bertz CT molecular complexity index is 699. The molecular weight excluding hydrogens is 308 g/mol. The zero-order valence-electron chi connectivity index (χ0n) is 14.2. The molecule has 0 unspecified atom stereocenters. The number of anilines is 1. The van der Waals surface area contributed by atoms with E-state index >= 15 is 0 Å². The average Bonchev–Trinajstić information content (AvgIpc) is 3.15. The Morgan fingerprint density at radius 3 is 2.79 bits per heavy atom. The lowest BCUT2D eigenvalue weighted by Gasteiger charge is -2.32. The van der Waals surface area contributed by atoms with Crippen LogP contribution >= 0.6 is 0 Å². The second-order valence-corrected chi connectivity index (χ2v) is 6.18. The monoisotopic (exact) mass is 332 g/mol. The van der Waals surface area contributed by atoms with Crippen molar-refractivity contribution >= 4 is 11.7 Å². The van der Waals surface area contributed by atoms with Crippen molar-refractivity contribution < 1.29 is 14.3 Å². The first-order valence-electron chi connectivity index (χ1n) is 8.33. The molecule has 1 saturated heterocycles. The molecule has 1 amide bonds. The van der Waals surface area contributed by atoms with Gasteiger partial charge < -0.3 is 19.7 Å². The van der Waals surface area contributed by atoms with Crippen molar-refractivity contribution in [3.63, 3.8) is 0 Å². The van der Waals surface area contributed by atoms with Gasteiger partial charge in [0.15, 0.2) is 0 Å². The molecule has 0 spiro atoms. The fourth-order valence-electron chi connectivity index (χ4n) is 3.13. The largest absolute Gasteiger partial charge is 0.469 e. The number of aromatic nitrogens is 2. The van der Waals surface area contributed by atoms with E-state index in [1.54, 1.807) is 17.9 Å². The van der Waals surface area contributed by atoms with Crippen molar-refractivity contribution in [1.29, 1.82) is 0 Å². The van der Waals surface area contributed by atoms with Crippen LogP contribution in [0.1, 0.15) is 25.5 Å². The molecule has 7 heteroatoms. The van der Waals surface area contributed by atoms with E-state index in [1.165, 1.54) is 0 Å². The van der Waals surface area contributed by atoms with Crippen LogP contribution in [0.4, 0.5) is 5.82 Å². The first-order valence-corrected chi connectivity index (χ1v) is 8.33. The maximum absolute atomic E-state index is 11.4. The Morgan fingerprint density at radius 1 is 1.46 bits per heavy atom. The normalized spacial score (nSPS) is 15.7. The Labute approximate surface area is 141 Å². The van der Waals surface area contributed by atoms with E-state index in [0.717, 1.165) is 48.8 Å². The van der Waals surface area contributed by atoms with E-state index in [0.29, 0.717) is 12.6 Å². The van der Waals surface area contributed by atoms with Crippen LogP contribution < -0.4 is 5.32 Å². The fourth-order valence-corrected chi connectivity index (χ4v) is 3.13. The van der Waals surface area contributed by atoms with E-state index in [4.69, 9.17) is 4.42 Å². The van der Waals surface area contributed by atoms with Gasteiger partial charge >= 0.3 is 0 Å². The number of nitrogens with zero attached hydrogens (tertiary/aromatic N) is 3. The summed E-state index contributed by atoms with van der Waals surface area (Å²) in [6.45, 7) is 5.53. The van der Waals surface area contributed by atoms with Crippen molar-refractivity contribution in [2.45, 2.75) is 39.3 Å². The molecule has 2 N–H and O–H groups in total. The zero-order chi connectivity index (χ0) is 17.1. The van der Waals surface area contributed by atoms with Gasteiger partial charge in [0, 0.05) is 37.7 Å². The number of hydrogen-bond donors (Lipinski definition) is 2. The number of amides is 1. The molecule has 24 heavy (non-hydrogen) atoms. The van der Waals surface area contributed by atoms with Crippen LogP contribution in [-0.2, 0) is 11.3 Å². The molecule has 0 saturated carbocycles. The highest BCUT2D eigenvalue weighted by Gasteiger charge is 2.22. The number of aryl methyl sites for hydroxylation is 1. The van der Waals surface area contributed by atoms with Crippen LogP contribution in [0.15, 0.2) is 22.8 Å². The number of carbonyl (C=O) groups excluding carboxylic acids is 1. The SMILES string of the molecule is CC(=O)N1CCC(Nc2cc(-c3ccoc3C)nn2CCO)CC1. The summed E-state index contributed by atoms with van der Waals surface area (Å²) < 4.78 is 7.15. The van der Waals surface area contributed by atoms with Crippen molar-refractivity contribution in [3.05, 3.63) is 24.2 Å². The summed E-state index contributed by atoms with van der Waals surface area (Å²) in [4.78, 5) is 13.3. The van der Waals surface area contributed by atoms with Crippen molar-refractivity contribution in [3.8, 4) is 11.3 Å². The number of piperidine rings is 1. The van der Waals surface area contributed by atoms with Gasteiger partial charge in [-0.3, -0.25) is 4.79 Å². The maximum atomic E-state index is 11.4. The minimum Gasteiger partial charge on any atom is -0.469 e. The highest BCUT2D eigenvalue weighted by molar-refractivity contribution is 5.73. The molecule has 1 fully saturated rings. The average molecular weight is 332 g/mol. The molecule has 7 nitrogen and oxygen atoms in total. The minimum atomic E-state index is 0.0307. The number of aliphatic hydroxyl groups is 1. The van der Waals surface area contributed by atoms with E-state index in [-0.39, 0.29) is 12.5 Å². The molecule has 0 bridgehead atoms. The summed E-state index contributed by atoms with van der Waals surface area (Å²) in [5.41, 5.74) is 1.79. The summed E-state index contributed by atoms with van der Waals surface area (Å²) in [6.07, 6.45) is 3.47. The van der Waals surface area contributed by atoms with Crippen LogP contribution in [-0.4, -0.2) is 51.4 Å². The third kappa shape index (κ3) is 3.46. The second kappa shape index (κ2) is 7.09. The second-order valence-electron chi connectivity index (χ2n) is 6.18. The van der Waals surface area contributed by atoms with Gasteiger partial charge in [0.2, 0.25) is 5.91 Å². The van der Waals surface area contributed by atoms with Gasteiger partial charge in [0.05, 0.1) is 25.1 Å². The number of furan rings is 1. The molecule has 2 aromatic rings. The van der Waals surface area contributed by atoms with Crippen molar-refractivity contribution in [1.82, 2.24) is 14.7 Å². The van der Waals surface area contributed by atoms with Gasteiger partial charge in [0.1, 0.15) is 11.6 Å². The smallest absolute Gasteiger partial charge is 0.219 e. The standard InChI is InChI=1S/C17H24N4O3/c1-12-15(5-10-24-12)16-11-17(21(19-16)8-9-22)18-14-3-6-20(7-4-14)13(2)23/h5,10-11,14,18,22H,3-4,6-9H2,1-2H3. The number of hydrogen-bond acceptors (Lipinski definition) is 5. The summed E-state index contributed by atoms with van der Waals surface area (Å²) >= 11 is 0. The van der Waals surface area contributed by atoms with Gasteiger partial charge in [-0.05, 0) is 25.8 Å². The highest BCUT2D eigenvalue weighted by Crippen LogP contribution is 2.27. The lowest BCUT2D eigenvalue weighted by molar-refractivity contribution is -0.129. The molecule has 2 aromatic heterocycles. The molecule has 0 atom stereocenters. The molecule has 0 aromatic carbocycles. The summed E-state index contributed by atoms with van der Waals surface area (Å²) in [7, 11) is 0. The molecule has 1 aliphatic heterocycles. The zero-order valence-corrected chi connectivity index (χ0v) is 14.2. The number of aliphatic hydroxyl groups excluding tert-OH is 1. The lowest BCUT2D eigenvalue weighted by Crippen LogP contribution is -2.41. The topological polar surface area (TPSA) is 83.5 Å². The van der Waals surface area contributed by atoms with Crippen molar-refractivity contribution in [2.75, 3.05) is 25.0 Å². The van der Waals surface area contributed by atoms with Crippen LogP contribution in [0.2, 0.25) is 0 Å². The molecule has 3 heterocycles. The Kier molecular flexibility index (Phi) is 4.89. The summed E-state index contributed by atoms with van der Waals surface area (Å²) in [5, 5.41) is 17.4. The molecule has 130 valence electrons. The van der Waals surface area contributed by atoms with Crippen LogP contribution in [0, 0.1) is 6.92 Å². The Hall–Kier alpha value is -2.28. The first-order chi connectivity index (χ1) is 11.6. The third-order valence-corrected chi connectivity index (χ3v) is 4.52. The number of rotatable bonds is 5. The first kappa shape index (κ1) is 16.6. The molecule has 0 radical (unpaired) electrons. The molecule has 0 aliphatic carbocycles. The number of likely N-dealkylation sites (tertiary alicyclic amines) is 1. The van der Waals surface area contributed by atoms with Crippen LogP contribution in [0.3, 0.4) is 0 Å². The van der Waals surface area contributed by atoms with Crippen LogP contribution in [0.5, 0.6) is 0 Å². The molecular formula is C17H24N4O3. The highest BCUT2D eigenvalue weighted by atomic mass is 16.3. The Morgan fingerprint density at radius 2 is 2.21 bits per heavy atom. The van der Waals surface area contributed by atoms with Gasteiger partial charge in [-0.2, -0.15) is 5.10 Å². The molecule has 3 rings (SSSR count). The number of carbonyl (C=O) groups is 1. The third-order valence-electron chi connectivity index (χ3n) is 4.52. The minimum absolute atomic E-state index is 0.0307. The number of nitrogens with one attached hydrogen (secondary N) is 1. The van der Waals surface area contributed by atoms with E-state index in [9.17, 15) is 9.90 Å². The summed E-state index contributed by atoms with van der Waals surface area (Å²) in [5.74, 6) is 1.85. The van der Waals surface area contributed by atoms with Gasteiger partial charge in [0.25, 0.3) is 0 Å². The van der Waals surface area contributed by atoms with E-state index < -0.39 is 0 Å². The Balaban J connectivity index is 1.74. The predicted octanol–water partition coefficient (Wildman–Crippen LogP) is 1.87. The van der Waals surface area contributed by atoms with Crippen molar-refractivity contribution in [2.24, 2.45) is 0 Å².